The SMILES string of the molecule is CC(C)(C)OC(=O)N1CCCC1CONC(=O)C1CCC2CN1C(=O)N2O. The molecule has 0 radical (unpaired) electrons. The monoisotopic (exact) mass is 384 g/mol. The van der Waals surface area contributed by atoms with Gasteiger partial charge < -0.3 is 14.5 Å². The summed E-state index contributed by atoms with van der Waals surface area (Å²) in [5, 5.41) is 10.4. The highest BCUT2D eigenvalue weighted by atomic mass is 16.7. The third-order valence-electron chi connectivity index (χ3n) is 5.10. The Balaban J connectivity index is 1.47. The maximum atomic E-state index is 12.4. The van der Waals surface area contributed by atoms with Crippen LogP contribution in [0, 0.1) is 0 Å². The van der Waals surface area contributed by atoms with Crippen molar-refractivity contribution in [2.45, 2.75) is 70.2 Å². The van der Waals surface area contributed by atoms with Gasteiger partial charge in [0.25, 0.3) is 5.91 Å². The van der Waals surface area contributed by atoms with E-state index in [1.807, 2.05) is 20.8 Å². The van der Waals surface area contributed by atoms with Crippen LogP contribution in [0.3, 0.4) is 0 Å². The van der Waals surface area contributed by atoms with Crippen molar-refractivity contribution in [2.24, 2.45) is 0 Å². The molecule has 10 heteroatoms. The van der Waals surface area contributed by atoms with E-state index in [-0.39, 0.29) is 24.8 Å². The van der Waals surface area contributed by atoms with Crippen LogP contribution in [0.15, 0.2) is 0 Å². The van der Waals surface area contributed by atoms with Crippen LogP contribution < -0.4 is 5.48 Å². The molecule has 0 aromatic rings. The van der Waals surface area contributed by atoms with Crippen LogP contribution in [-0.4, -0.2) is 81.5 Å². The number of carbonyl (C=O) groups excluding carboxylic acids is 3. The largest absolute Gasteiger partial charge is 0.444 e. The summed E-state index contributed by atoms with van der Waals surface area (Å²) in [7, 11) is 0. The second-order valence-corrected chi connectivity index (χ2v) is 8.27. The molecule has 3 aliphatic heterocycles. The molecule has 0 aliphatic carbocycles. The molecule has 152 valence electrons. The summed E-state index contributed by atoms with van der Waals surface area (Å²) in [6.45, 7) is 6.52. The van der Waals surface area contributed by atoms with Crippen LogP contribution in [0.5, 0.6) is 0 Å². The van der Waals surface area contributed by atoms with E-state index < -0.39 is 23.6 Å². The minimum absolute atomic E-state index is 0.153. The van der Waals surface area contributed by atoms with Gasteiger partial charge in [-0.2, -0.15) is 0 Å². The van der Waals surface area contributed by atoms with Crippen molar-refractivity contribution in [3.05, 3.63) is 0 Å². The van der Waals surface area contributed by atoms with Gasteiger partial charge in [0.2, 0.25) is 0 Å². The van der Waals surface area contributed by atoms with Crippen LogP contribution >= 0.6 is 0 Å². The third-order valence-corrected chi connectivity index (χ3v) is 5.10. The van der Waals surface area contributed by atoms with Gasteiger partial charge in [0.05, 0.1) is 18.7 Å². The van der Waals surface area contributed by atoms with Gasteiger partial charge in [-0.1, -0.05) is 0 Å². The smallest absolute Gasteiger partial charge is 0.410 e. The van der Waals surface area contributed by atoms with E-state index in [2.05, 4.69) is 5.48 Å². The number of hydroxylamine groups is 3. The topological polar surface area (TPSA) is 112 Å². The number of rotatable bonds is 4. The van der Waals surface area contributed by atoms with Gasteiger partial charge in [-0.25, -0.2) is 20.1 Å². The molecule has 3 rings (SSSR count). The highest BCUT2D eigenvalue weighted by Crippen LogP contribution is 2.28. The molecule has 2 bridgehead atoms. The molecule has 3 aliphatic rings. The average Bonchev–Trinajstić information content (AvgIpc) is 3.14. The van der Waals surface area contributed by atoms with Gasteiger partial charge >= 0.3 is 12.1 Å². The zero-order valence-corrected chi connectivity index (χ0v) is 16.0. The molecule has 3 fully saturated rings. The van der Waals surface area contributed by atoms with Crippen LogP contribution in [0.25, 0.3) is 0 Å². The van der Waals surface area contributed by atoms with Crippen molar-refractivity contribution in [1.82, 2.24) is 20.3 Å². The zero-order chi connectivity index (χ0) is 19.8. The summed E-state index contributed by atoms with van der Waals surface area (Å²) in [5.41, 5.74) is 1.82. The summed E-state index contributed by atoms with van der Waals surface area (Å²) < 4.78 is 5.40. The number of piperidine rings is 1. The Kier molecular flexibility index (Phi) is 5.48. The molecule has 3 saturated heterocycles. The van der Waals surface area contributed by atoms with E-state index in [1.54, 1.807) is 4.90 Å². The Hall–Kier alpha value is -2.07. The molecule has 0 aromatic carbocycles. The van der Waals surface area contributed by atoms with Gasteiger partial charge in [0.15, 0.2) is 0 Å². The van der Waals surface area contributed by atoms with Crippen molar-refractivity contribution in [3.63, 3.8) is 0 Å². The minimum Gasteiger partial charge on any atom is -0.444 e. The summed E-state index contributed by atoms with van der Waals surface area (Å²) >= 11 is 0. The zero-order valence-electron chi connectivity index (χ0n) is 16.0. The molecule has 0 aromatic heterocycles. The van der Waals surface area contributed by atoms with Crippen LogP contribution in [0.4, 0.5) is 9.59 Å². The number of nitrogens with one attached hydrogen (secondary N) is 1. The second-order valence-electron chi connectivity index (χ2n) is 8.27. The summed E-state index contributed by atoms with van der Waals surface area (Å²) in [5.74, 6) is -0.418. The number of carbonyl (C=O) groups is 3. The number of hydrogen-bond acceptors (Lipinski definition) is 6. The Morgan fingerprint density at radius 2 is 2.00 bits per heavy atom. The fraction of sp³-hybridized carbons (Fsp3) is 0.824. The summed E-state index contributed by atoms with van der Waals surface area (Å²) in [6, 6.07) is -1.62. The molecule has 10 nitrogen and oxygen atoms in total. The number of ether oxygens (including phenoxy) is 1. The lowest BCUT2D eigenvalue weighted by Gasteiger charge is -2.30. The lowest BCUT2D eigenvalue weighted by molar-refractivity contribution is -0.140. The summed E-state index contributed by atoms with van der Waals surface area (Å²) in [4.78, 5) is 44.9. The van der Waals surface area contributed by atoms with E-state index in [0.717, 1.165) is 12.8 Å². The maximum absolute atomic E-state index is 12.4. The molecule has 4 amide bonds. The fourth-order valence-corrected chi connectivity index (χ4v) is 3.77. The Morgan fingerprint density at radius 3 is 2.70 bits per heavy atom. The van der Waals surface area contributed by atoms with E-state index in [4.69, 9.17) is 9.57 Å². The Bertz CT molecular complexity index is 607. The first-order chi connectivity index (χ1) is 12.7. The molecule has 2 N–H and O–H groups in total. The first kappa shape index (κ1) is 19.7. The van der Waals surface area contributed by atoms with Crippen LogP contribution in [0.1, 0.15) is 46.5 Å². The third kappa shape index (κ3) is 4.27. The fourth-order valence-electron chi connectivity index (χ4n) is 3.77. The normalized spacial score (nSPS) is 27.9. The Morgan fingerprint density at radius 1 is 1.26 bits per heavy atom. The Labute approximate surface area is 158 Å². The van der Waals surface area contributed by atoms with Gasteiger partial charge in [0, 0.05) is 13.1 Å². The van der Waals surface area contributed by atoms with Crippen molar-refractivity contribution >= 4 is 18.0 Å². The molecule has 0 spiro atoms. The number of amides is 4. The first-order valence-corrected chi connectivity index (χ1v) is 9.37. The lowest BCUT2D eigenvalue weighted by atomic mass is 10.0. The minimum atomic E-state index is -0.656. The summed E-state index contributed by atoms with van der Waals surface area (Å²) in [6.07, 6.45) is 2.26. The lowest BCUT2D eigenvalue weighted by Crippen LogP contribution is -2.50. The average molecular weight is 384 g/mol. The predicted octanol–water partition coefficient (Wildman–Crippen LogP) is 1.09. The van der Waals surface area contributed by atoms with Gasteiger partial charge in [0.1, 0.15) is 11.6 Å². The van der Waals surface area contributed by atoms with Crippen molar-refractivity contribution in [1.29, 1.82) is 0 Å². The highest BCUT2D eigenvalue weighted by Gasteiger charge is 2.47. The second kappa shape index (κ2) is 7.51. The van der Waals surface area contributed by atoms with E-state index in [1.165, 1.54) is 4.90 Å². The molecule has 3 unspecified atom stereocenters. The number of fused-ring (bicyclic) bond motifs is 2. The van der Waals surface area contributed by atoms with Crippen LogP contribution in [0.2, 0.25) is 0 Å². The van der Waals surface area contributed by atoms with Gasteiger partial charge in [-0.05, 0) is 46.5 Å². The van der Waals surface area contributed by atoms with E-state index in [0.29, 0.717) is 31.0 Å². The molecule has 27 heavy (non-hydrogen) atoms. The first-order valence-electron chi connectivity index (χ1n) is 9.37. The number of likely N-dealkylation sites (tertiary alicyclic amines) is 1. The quantitative estimate of drug-likeness (QED) is 0.554. The van der Waals surface area contributed by atoms with Crippen molar-refractivity contribution in [2.75, 3.05) is 19.7 Å². The highest BCUT2D eigenvalue weighted by molar-refractivity contribution is 5.87. The molecular weight excluding hydrogens is 356 g/mol. The molecule has 0 saturated carbocycles. The van der Waals surface area contributed by atoms with Crippen molar-refractivity contribution in [3.8, 4) is 0 Å². The van der Waals surface area contributed by atoms with Gasteiger partial charge in [-0.3, -0.25) is 14.8 Å². The molecule has 3 heterocycles. The predicted molar refractivity (Wildman–Crippen MR) is 92.6 cm³/mol. The van der Waals surface area contributed by atoms with E-state index >= 15 is 0 Å². The maximum Gasteiger partial charge on any atom is 0.410 e. The van der Waals surface area contributed by atoms with Crippen LogP contribution in [-0.2, 0) is 14.4 Å². The number of nitrogens with zero attached hydrogens (tertiary/aromatic N) is 3. The standard InChI is InChI=1S/C17H28N4O6/c1-17(2,3)27-16(24)19-8-4-5-12(19)10-26-18-14(22)13-7-6-11-9-20(13)15(23)21(11)25/h11-13,25H,4-10H2,1-3H3,(H,18,22). The van der Waals surface area contributed by atoms with E-state index in [9.17, 15) is 19.6 Å². The number of urea groups is 1. The van der Waals surface area contributed by atoms with Gasteiger partial charge in [-0.15, -0.1) is 0 Å². The molecular formula is C17H28N4O6. The van der Waals surface area contributed by atoms with Crippen molar-refractivity contribution < 1.29 is 29.2 Å². The number of hydrogen-bond donors (Lipinski definition) is 2. The molecule has 3 atom stereocenters.